The van der Waals surface area contributed by atoms with Gasteiger partial charge in [-0.3, -0.25) is 4.99 Å². The Balaban J connectivity index is 3.04. The average Bonchev–Trinajstić information content (AvgIpc) is 2.59. The van der Waals surface area contributed by atoms with Crippen LogP contribution >= 0.6 is 0 Å². The van der Waals surface area contributed by atoms with Crippen molar-refractivity contribution < 1.29 is 9.53 Å². The SMILES string of the molecule is C=C/C(=C\C=C/C)N(C(=O)OCC1=CCCC=C1)/C(=N\C)C(=C)C. The fourth-order valence-electron chi connectivity index (χ4n) is 2.21. The second kappa shape index (κ2) is 10.2. The summed E-state index contributed by atoms with van der Waals surface area (Å²) in [4.78, 5) is 18.2. The Morgan fingerprint density at radius 3 is 2.71 bits per heavy atom. The van der Waals surface area contributed by atoms with Crippen molar-refractivity contribution in [3.63, 3.8) is 0 Å². The summed E-state index contributed by atoms with van der Waals surface area (Å²) in [5.41, 5.74) is 2.24. The molecule has 0 saturated heterocycles. The Hall–Kier alpha value is -2.62. The average molecular weight is 326 g/mol. The Morgan fingerprint density at radius 2 is 2.21 bits per heavy atom. The van der Waals surface area contributed by atoms with Crippen LogP contribution < -0.4 is 0 Å². The van der Waals surface area contributed by atoms with Crippen molar-refractivity contribution in [3.8, 4) is 0 Å². The lowest BCUT2D eigenvalue weighted by Crippen LogP contribution is -2.37. The summed E-state index contributed by atoms with van der Waals surface area (Å²) in [5, 5.41) is 0. The monoisotopic (exact) mass is 326 g/mol. The third kappa shape index (κ3) is 5.54. The zero-order valence-electron chi connectivity index (χ0n) is 14.8. The number of amidine groups is 1. The minimum absolute atomic E-state index is 0.229. The fraction of sp³-hybridized carbons (Fsp3) is 0.300. The van der Waals surface area contributed by atoms with E-state index < -0.39 is 6.09 Å². The summed E-state index contributed by atoms with van der Waals surface area (Å²) in [6.07, 6.45) is 14.7. The van der Waals surface area contributed by atoms with Crippen molar-refractivity contribution in [1.82, 2.24) is 4.90 Å². The molecule has 0 bridgehead atoms. The number of ether oxygens (including phenoxy) is 1. The van der Waals surface area contributed by atoms with Crippen LogP contribution in [-0.2, 0) is 4.74 Å². The van der Waals surface area contributed by atoms with E-state index in [1.165, 1.54) is 4.90 Å². The molecule has 4 heteroatoms. The van der Waals surface area contributed by atoms with Gasteiger partial charge in [0.15, 0.2) is 0 Å². The Bertz CT molecular complexity index is 634. The highest BCUT2D eigenvalue weighted by Gasteiger charge is 2.24. The molecule has 0 fully saturated rings. The molecule has 0 aromatic heterocycles. The summed E-state index contributed by atoms with van der Waals surface area (Å²) >= 11 is 0. The van der Waals surface area contributed by atoms with Crippen molar-refractivity contribution in [1.29, 1.82) is 0 Å². The van der Waals surface area contributed by atoms with Gasteiger partial charge in [-0.05, 0) is 50.0 Å². The van der Waals surface area contributed by atoms with Gasteiger partial charge in [0.05, 0.1) is 5.70 Å². The largest absolute Gasteiger partial charge is 0.444 e. The van der Waals surface area contributed by atoms with Gasteiger partial charge in [0.2, 0.25) is 0 Å². The summed E-state index contributed by atoms with van der Waals surface area (Å²) in [6.45, 7) is 11.6. The molecule has 1 aliphatic carbocycles. The van der Waals surface area contributed by atoms with E-state index in [9.17, 15) is 4.79 Å². The van der Waals surface area contributed by atoms with Gasteiger partial charge in [0.1, 0.15) is 12.4 Å². The first kappa shape index (κ1) is 19.4. The molecule has 0 unspecified atom stereocenters. The molecule has 0 spiro atoms. The zero-order valence-corrected chi connectivity index (χ0v) is 14.8. The molecule has 0 aliphatic heterocycles. The van der Waals surface area contributed by atoms with Crippen LogP contribution in [0.5, 0.6) is 0 Å². The van der Waals surface area contributed by atoms with Gasteiger partial charge in [-0.15, -0.1) is 0 Å². The second-order valence-corrected chi connectivity index (χ2v) is 5.30. The molecule has 0 radical (unpaired) electrons. The van der Waals surface area contributed by atoms with E-state index in [1.807, 2.05) is 25.2 Å². The van der Waals surface area contributed by atoms with Crippen molar-refractivity contribution in [2.45, 2.75) is 26.7 Å². The van der Waals surface area contributed by atoms with Gasteiger partial charge in [-0.25, -0.2) is 9.69 Å². The fourth-order valence-corrected chi connectivity index (χ4v) is 2.21. The summed E-state index contributed by atoms with van der Waals surface area (Å²) in [7, 11) is 1.62. The smallest absolute Gasteiger partial charge is 0.420 e. The summed E-state index contributed by atoms with van der Waals surface area (Å²) in [6, 6.07) is 0. The number of carbonyl (C=O) groups excluding carboxylic acids is 1. The minimum Gasteiger partial charge on any atom is -0.444 e. The van der Waals surface area contributed by atoms with E-state index in [0.29, 0.717) is 17.1 Å². The zero-order chi connectivity index (χ0) is 17.9. The highest BCUT2D eigenvalue weighted by molar-refractivity contribution is 6.07. The molecule has 4 nitrogen and oxygen atoms in total. The van der Waals surface area contributed by atoms with Gasteiger partial charge >= 0.3 is 6.09 Å². The highest BCUT2D eigenvalue weighted by Crippen LogP contribution is 2.16. The molecule has 24 heavy (non-hydrogen) atoms. The number of allylic oxidation sites excluding steroid dienone is 6. The van der Waals surface area contributed by atoms with E-state index >= 15 is 0 Å². The van der Waals surface area contributed by atoms with Crippen LogP contribution in [-0.4, -0.2) is 30.5 Å². The number of rotatable bonds is 6. The van der Waals surface area contributed by atoms with Crippen molar-refractivity contribution in [2.24, 2.45) is 4.99 Å². The predicted molar refractivity (Wildman–Crippen MR) is 101 cm³/mol. The Labute approximate surface area is 144 Å². The lowest BCUT2D eigenvalue weighted by atomic mass is 10.1. The molecule has 1 rings (SSSR count). The number of hydrogen-bond donors (Lipinski definition) is 0. The topological polar surface area (TPSA) is 41.9 Å². The Kier molecular flexibility index (Phi) is 8.26. The van der Waals surface area contributed by atoms with E-state index in [0.717, 1.165) is 18.4 Å². The molecular weight excluding hydrogens is 300 g/mol. The van der Waals surface area contributed by atoms with Gasteiger partial charge in [-0.1, -0.05) is 43.5 Å². The van der Waals surface area contributed by atoms with Crippen LogP contribution in [0.1, 0.15) is 26.7 Å². The first-order chi connectivity index (χ1) is 11.5. The lowest BCUT2D eigenvalue weighted by molar-refractivity contribution is 0.140. The van der Waals surface area contributed by atoms with E-state index in [1.54, 1.807) is 26.1 Å². The third-order valence-corrected chi connectivity index (χ3v) is 3.35. The van der Waals surface area contributed by atoms with E-state index in [4.69, 9.17) is 4.74 Å². The van der Waals surface area contributed by atoms with E-state index in [-0.39, 0.29) is 6.61 Å². The molecular formula is C20H26N2O2. The first-order valence-electron chi connectivity index (χ1n) is 7.95. The van der Waals surface area contributed by atoms with Gasteiger partial charge in [0.25, 0.3) is 0 Å². The molecule has 0 atom stereocenters. The molecule has 1 aliphatic rings. The number of carbonyl (C=O) groups is 1. The maximum absolute atomic E-state index is 12.7. The lowest BCUT2D eigenvalue weighted by Gasteiger charge is -2.24. The van der Waals surface area contributed by atoms with Crippen LogP contribution in [0.2, 0.25) is 0 Å². The minimum atomic E-state index is -0.505. The van der Waals surface area contributed by atoms with Gasteiger partial charge in [-0.2, -0.15) is 0 Å². The van der Waals surface area contributed by atoms with Gasteiger partial charge < -0.3 is 4.74 Å². The van der Waals surface area contributed by atoms with Crippen molar-refractivity contribution >= 4 is 11.9 Å². The first-order valence-corrected chi connectivity index (χ1v) is 7.95. The second-order valence-electron chi connectivity index (χ2n) is 5.30. The summed E-state index contributed by atoms with van der Waals surface area (Å²) in [5.74, 6) is 0.448. The number of amides is 1. The quantitative estimate of drug-likeness (QED) is 0.393. The standard InChI is InChI=1S/C20H26N2O2/c1-6-8-14-18(7-2)22(19(21-5)16(3)4)20(23)24-15-17-12-10-9-11-13-17/h6-8,10,12-14H,2-3,9,11,15H2,1,4-5H3/b8-6-,18-14+,21-19-. The number of aliphatic imine (C=N–C) groups is 1. The highest BCUT2D eigenvalue weighted by atomic mass is 16.6. The van der Waals surface area contributed by atoms with Crippen LogP contribution in [0.3, 0.4) is 0 Å². The third-order valence-electron chi connectivity index (χ3n) is 3.35. The molecule has 0 aromatic rings. The summed E-state index contributed by atoms with van der Waals surface area (Å²) < 4.78 is 5.47. The van der Waals surface area contributed by atoms with Crippen LogP contribution in [0, 0.1) is 0 Å². The molecule has 0 aromatic carbocycles. The van der Waals surface area contributed by atoms with Crippen molar-refractivity contribution in [2.75, 3.05) is 13.7 Å². The maximum Gasteiger partial charge on any atom is 0.420 e. The van der Waals surface area contributed by atoms with Crippen LogP contribution in [0.4, 0.5) is 4.79 Å². The molecule has 1 amide bonds. The Morgan fingerprint density at radius 1 is 1.46 bits per heavy atom. The van der Waals surface area contributed by atoms with E-state index in [2.05, 4.69) is 30.3 Å². The normalized spacial score (nSPS) is 15.2. The molecule has 128 valence electrons. The molecule has 0 heterocycles. The van der Waals surface area contributed by atoms with Crippen LogP contribution in [0.25, 0.3) is 0 Å². The van der Waals surface area contributed by atoms with Crippen LogP contribution in [0.15, 0.2) is 77.5 Å². The maximum atomic E-state index is 12.7. The number of nitrogens with zero attached hydrogens (tertiary/aromatic N) is 2. The molecule has 0 N–H and O–H groups in total. The predicted octanol–water partition coefficient (Wildman–Crippen LogP) is 4.95. The number of hydrogen-bond acceptors (Lipinski definition) is 3. The molecule has 0 saturated carbocycles. The van der Waals surface area contributed by atoms with Gasteiger partial charge in [0, 0.05) is 7.05 Å². The van der Waals surface area contributed by atoms with Crippen molar-refractivity contribution in [3.05, 3.63) is 72.5 Å².